The maximum atomic E-state index is 12.2. The number of likely N-dealkylation sites (tertiary alicyclic amines) is 1. The fourth-order valence-corrected chi connectivity index (χ4v) is 3.91. The Balaban J connectivity index is 2.11. The molecule has 0 N–H and O–H groups in total. The molecule has 0 bridgehead atoms. The summed E-state index contributed by atoms with van der Waals surface area (Å²) >= 11 is 3.26. The van der Waals surface area contributed by atoms with E-state index >= 15 is 0 Å². The van der Waals surface area contributed by atoms with Gasteiger partial charge in [0.05, 0.1) is 4.90 Å². The lowest BCUT2D eigenvalue weighted by atomic mass is 10.0. The summed E-state index contributed by atoms with van der Waals surface area (Å²) in [4.78, 5) is 14.1. The van der Waals surface area contributed by atoms with Gasteiger partial charge < -0.3 is 4.90 Å². The summed E-state index contributed by atoms with van der Waals surface area (Å²) in [7, 11) is -3.56. The Hall–Kier alpha value is -0.880. The lowest BCUT2D eigenvalue weighted by Gasteiger charge is -2.33. The van der Waals surface area contributed by atoms with E-state index in [1.165, 1.54) is 12.1 Å². The minimum atomic E-state index is -3.56. The molecule has 1 fully saturated rings. The van der Waals surface area contributed by atoms with Crippen LogP contribution in [0.3, 0.4) is 0 Å². The molecule has 2 rings (SSSR count). The van der Waals surface area contributed by atoms with Crippen molar-refractivity contribution in [1.82, 2.24) is 4.90 Å². The van der Waals surface area contributed by atoms with Crippen molar-refractivity contribution in [1.29, 1.82) is 0 Å². The molecule has 0 spiro atoms. The molecule has 1 unspecified atom stereocenters. The molecule has 1 saturated heterocycles. The number of benzene rings is 1. The van der Waals surface area contributed by atoms with Crippen LogP contribution < -0.4 is 0 Å². The molecule has 0 radical (unpaired) electrons. The average molecular weight is 360 g/mol. The number of amides is 1. The molecule has 1 aliphatic rings. The fraction of sp³-hybridized carbons (Fsp3) is 0.500. The van der Waals surface area contributed by atoms with Gasteiger partial charge in [-0.2, -0.15) is 0 Å². The SMILES string of the molecule is CC1CCCCN1C(=O)CS(=O)(=O)c1ccc(Br)cc1. The summed E-state index contributed by atoms with van der Waals surface area (Å²) in [6.45, 7) is 2.64. The Morgan fingerprint density at radius 1 is 1.30 bits per heavy atom. The lowest BCUT2D eigenvalue weighted by molar-refractivity contribution is -0.131. The van der Waals surface area contributed by atoms with Gasteiger partial charge in [-0.05, 0) is 50.5 Å². The van der Waals surface area contributed by atoms with E-state index in [0.29, 0.717) is 6.54 Å². The first-order valence-corrected chi connectivity index (χ1v) is 9.12. The Morgan fingerprint density at radius 3 is 2.55 bits per heavy atom. The van der Waals surface area contributed by atoms with Gasteiger partial charge in [-0.15, -0.1) is 0 Å². The van der Waals surface area contributed by atoms with E-state index in [1.807, 2.05) is 6.92 Å². The van der Waals surface area contributed by atoms with Crippen molar-refractivity contribution in [2.75, 3.05) is 12.3 Å². The van der Waals surface area contributed by atoms with Crippen molar-refractivity contribution in [3.63, 3.8) is 0 Å². The third kappa shape index (κ3) is 3.61. The molecule has 1 aromatic carbocycles. The molecule has 20 heavy (non-hydrogen) atoms. The number of carbonyl (C=O) groups excluding carboxylic acids is 1. The third-order valence-corrected chi connectivity index (χ3v) is 5.76. The van der Waals surface area contributed by atoms with Crippen LogP contribution in [0.1, 0.15) is 26.2 Å². The highest BCUT2D eigenvalue weighted by atomic mass is 79.9. The zero-order chi connectivity index (χ0) is 14.8. The van der Waals surface area contributed by atoms with Gasteiger partial charge in [-0.1, -0.05) is 15.9 Å². The summed E-state index contributed by atoms with van der Waals surface area (Å²) in [6.07, 6.45) is 3.00. The summed E-state index contributed by atoms with van der Waals surface area (Å²) in [5, 5.41) is 0. The van der Waals surface area contributed by atoms with Gasteiger partial charge in [-0.25, -0.2) is 8.42 Å². The van der Waals surface area contributed by atoms with Crippen molar-refractivity contribution < 1.29 is 13.2 Å². The van der Waals surface area contributed by atoms with Gasteiger partial charge in [0.2, 0.25) is 5.91 Å². The molecule has 4 nitrogen and oxygen atoms in total. The monoisotopic (exact) mass is 359 g/mol. The molecule has 1 heterocycles. The van der Waals surface area contributed by atoms with Gasteiger partial charge in [0.25, 0.3) is 0 Å². The number of rotatable bonds is 3. The van der Waals surface area contributed by atoms with Crippen molar-refractivity contribution in [3.05, 3.63) is 28.7 Å². The van der Waals surface area contributed by atoms with Crippen LogP contribution in [0, 0.1) is 0 Å². The number of hydrogen-bond acceptors (Lipinski definition) is 3. The van der Waals surface area contributed by atoms with Crippen LogP contribution in [-0.2, 0) is 14.6 Å². The number of nitrogens with zero attached hydrogens (tertiary/aromatic N) is 1. The summed E-state index contributed by atoms with van der Waals surface area (Å²) in [5.74, 6) is -0.737. The molecule has 1 aliphatic heterocycles. The van der Waals surface area contributed by atoms with E-state index in [0.717, 1.165) is 23.7 Å². The van der Waals surface area contributed by atoms with Crippen LogP contribution in [0.15, 0.2) is 33.6 Å². The van der Waals surface area contributed by atoms with Crippen LogP contribution in [-0.4, -0.2) is 37.6 Å². The maximum absolute atomic E-state index is 12.2. The predicted molar refractivity (Wildman–Crippen MR) is 81.2 cm³/mol. The van der Waals surface area contributed by atoms with Crippen molar-refractivity contribution in [3.8, 4) is 0 Å². The van der Waals surface area contributed by atoms with Crippen molar-refractivity contribution in [2.24, 2.45) is 0 Å². The van der Waals surface area contributed by atoms with E-state index in [-0.39, 0.29) is 16.8 Å². The minimum absolute atomic E-state index is 0.136. The highest BCUT2D eigenvalue weighted by Gasteiger charge is 2.27. The largest absolute Gasteiger partial charge is 0.339 e. The Labute approximate surface area is 128 Å². The molecule has 1 amide bonds. The minimum Gasteiger partial charge on any atom is -0.339 e. The van der Waals surface area contributed by atoms with Gasteiger partial charge in [-0.3, -0.25) is 4.79 Å². The quantitative estimate of drug-likeness (QED) is 0.833. The molecule has 1 aromatic rings. The standard InChI is InChI=1S/C14H18BrNO3S/c1-11-4-2-3-9-16(11)14(17)10-20(18,19)13-7-5-12(15)6-8-13/h5-8,11H,2-4,9-10H2,1H3. The first kappa shape index (κ1) is 15.5. The van der Waals surface area contributed by atoms with E-state index in [9.17, 15) is 13.2 Å². The number of sulfone groups is 1. The normalized spacial score (nSPS) is 19.9. The second-order valence-electron chi connectivity index (χ2n) is 5.14. The molecule has 0 saturated carbocycles. The number of halogens is 1. The van der Waals surface area contributed by atoms with Crippen molar-refractivity contribution in [2.45, 2.75) is 37.1 Å². The zero-order valence-corrected chi connectivity index (χ0v) is 13.8. The molecule has 0 aliphatic carbocycles. The smallest absolute Gasteiger partial charge is 0.238 e. The maximum Gasteiger partial charge on any atom is 0.238 e. The van der Waals surface area contributed by atoms with Crippen LogP contribution in [0.2, 0.25) is 0 Å². The molecular formula is C14H18BrNO3S. The highest BCUT2D eigenvalue weighted by molar-refractivity contribution is 9.10. The topological polar surface area (TPSA) is 54.5 Å². The van der Waals surface area contributed by atoms with Crippen LogP contribution in [0.4, 0.5) is 0 Å². The molecular weight excluding hydrogens is 342 g/mol. The summed E-state index contributed by atoms with van der Waals surface area (Å²) < 4.78 is 25.3. The molecule has 110 valence electrons. The zero-order valence-electron chi connectivity index (χ0n) is 11.4. The molecule has 1 atom stereocenters. The summed E-state index contributed by atoms with van der Waals surface area (Å²) in [5.41, 5.74) is 0. The van der Waals surface area contributed by atoms with E-state index in [1.54, 1.807) is 17.0 Å². The third-order valence-electron chi connectivity index (χ3n) is 3.61. The van der Waals surface area contributed by atoms with Crippen LogP contribution in [0.5, 0.6) is 0 Å². The summed E-state index contributed by atoms with van der Waals surface area (Å²) in [6, 6.07) is 6.51. The van der Waals surface area contributed by atoms with E-state index in [4.69, 9.17) is 0 Å². The Morgan fingerprint density at radius 2 is 1.95 bits per heavy atom. The van der Waals surface area contributed by atoms with Crippen molar-refractivity contribution >= 4 is 31.7 Å². The average Bonchev–Trinajstić information content (AvgIpc) is 2.39. The number of piperidine rings is 1. The van der Waals surface area contributed by atoms with E-state index < -0.39 is 15.6 Å². The second-order valence-corrected chi connectivity index (χ2v) is 8.05. The highest BCUT2D eigenvalue weighted by Crippen LogP contribution is 2.19. The second kappa shape index (κ2) is 6.26. The van der Waals surface area contributed by atoms with Gasteiger partial charge >= 0.3 is 0 Å². The number of hydrogen-bond donors (Lipinski definition) is 0. The van der Waals surface area contributed by atoms with Crippen LogP contribution >= 0.6 is 15.9 Å². The first-order valence-electron chi connectivity index (χ1n) is 6.68. The lowest BCUT2D eigenvalue weighted by Crippen LogP contribution is -2.44. The predicted octanol–water partition coefficient (Wildman–Crippen LogP) is 2.62. The Bertz CT molecular complexity index is 583. The first-order chi connectivity index (χ1) is 9.40. The van der Waals surface area contributed by atoms with Gasteiger partial charge in [0, 0.05) is 17.1 Å². The molecule has 0 aromatic heterocycles. The van der Waals surface area contributed by atoms with Gasteiger partial charge in [0.1, 0.15) is 5.75 Å². The fourth-order valence-electron chi connectivity index (χ4n) is 2.44. The van der Waals surface area contributed by atoms with Gasteiger partial charge in [0.15, 0.2) is 9.84 Å². The molecule has 6 heteroatoms. The Kier molecular flexibility index (Phi) is 4.86. The van der Waals surface area contributed by atoms with E-state index in [2.05, 4.69) is 15.9 Å². The number of carbonyl (C=O) groups is 1. The van der Waals surface area contributed by atoms with Crippen LogP contribution in [0.25, 0.3) is 0 Å².